The predicted octanol–water partition coefficient (Wildman–Crippen LogP) is 2.36. The standard InChI is InChI=1S/C11H16BrNO2/c1-6-4-9(12)11(15-3)10(14)8(6)5-7(2)13/h4,7,14H,5,13H2,1-3H3. The van der Waals surface area contributed by atoms with Gasteiger partial charge in [0.2, 0.25) is 0 Å². The van der Waals surface area contributed by atoms with Gasteiger partial charge in [-0.2, -0.15) is 0 Å². The topological polar surface area (TPSA) is 55.5 Å². The van der Waals surface area contributed by atoms with E-state index in [1.165, 1.54) is 7.11 Å². The van der Waals surface area contributed by atoms with Gasteiger partial charge < -0.3 is 15.6 Å². The van der Waals surface area contributed by atoms with E-state index in [9.17, 15) is 5.11 Å². The van der Waals surface area contributed by atoms with Crippen LogP contribution in [0.1, 0.15) is 18.1 Å². The minimum atomic E-state index is 0.0143. The maximum absolute atomic E-state index is 9.99. The van der Waals surface area contributed by atoms with E-state index in [-0.39, 0.29) is 11.8 Å². The van der Waals surface area contributed by atoms with Gasteiger partial charge in [0.1, 0.15) is 0 Å². The molecule has 1 atom stereocenters. The summed E-state index contributed by atoms with van der Waals surface area (Å²) in [4.78, 5) is 0. The summed E-state index contributed by atoms with van der Waals surface area (Å²) in [7, 11) is 1.53. The SMILES string of the molecule is COc1c(Br)cc(C)c(CC(C)N)c1O. The first-order valence-electron chi connectivity index (χ1n) is 4.77. The number of rotatable bonds is 3. The van der Waals surface area contributed by atoms with Gasteiger partial charge in [-0.3, -0.25) is 0 Å². The molecular weight excluding hydrogens is 258 g/mol. The van der Waals surface area contributed by atoms with Crippen LogP contribution in [-0.2, 0) is 6.42 Å². The summed E-state index contributed by atoms with van der Waals surface area (Å²) in [5, 5.41) is 9.99. The van der Waals surface area contributed by atoms with Gasteiger partial charge in [-0.15, -0.1) is 0 Å². The number of nitrogens with two attached hydrogens (primary N) is 1. The molecule has 0 aliphatic carbocycles. The van der Waals surface area contributed by atoms with E-state index < -0.39 is 0 Å². The Morgan fingerprint density at radius 3 is 2.67 bits per heavy atom. The Balaban J connectivity index is 3.26. The van der Waals surface area contributed by atoms with Gasteiger partial charge in [0, 0.05) is 11.6 Å². The van der Waals surface area contributed by atoms with Gasteiger partial charge in [-0.1, -0.05) is 0 Å². The summed E-state index contributed by atoms with van der Waals surface area (Å²) in [5.41, 5.74) is 7.59. The molecule has 0 saturated carbocycles. The van der Waals surface area contributed by atoms with Gasteiger partial charge in [0.25, 0.3) is 0 Å². The summed E-state index contributed by atoms with van der Waals surface area (Å²) in [5.74, 6) is 0.651. The second-order valence-electron chi connectivity index (χ2n) is 3.72. The summed E-state index contributed by atoms with van der Waals surface area (Å²) < 4.78 is 5.87. The molecule has 0 saturated heterocycles. The van der Waals surface area contributed by atoms with Crippen LogP contribution in [0, 0.1) is 6.92 Å². The Kier molecular flexibility index (Phi) is 3.99. The third kappa shape index (κ3) is 2.63. The number of benzene rings is 1. The van der Waals surface area contributed by atoms with E-state index in [4.69, 9.17) is 10.5 Å². The van der Waals surface area contributed by atoms with Crippen LogP contribution in [0.25, 0.3) is 0 Å². The Hall–Kier alpha value is -0.740. The molecule has 0 heterocycles. The van der Waals surface area contributed by atoms with Crippen molar-refractivity contribution >= 4 is 15.9 Å². The molecule has 0 radical (unpaired) electrons. The predicted molar refractivity (Wildman–Crippen MR) is 64.4 cm³/mol. The highest BCUT2D eigenvalue weighted by Gasteiger charge is 2.15. The molecule has 0 aliphatic heterocycles. The van der Waals surface area contributed by atoms with Crippen LogP contribution in [0.4, 0.5) is 0 Å². The van der Waals surface area contributed by atoms with Gasteiger partial charge in [0.05, 0.1) is 11.6 Å². The number of ether oxygens (including phenoxy) is 1. The van der Waals surface area contributed by atoms with Crippen molar-refractivity contribution in [2.45, 2.75) is 26.3 Å². The van der Waals surface area contributed by atoms with Crippen LogP contribution in [0.3, 0.4) is 0 Å². The first kappa shape index (κ1) is 12.3. The molecule has 84 valence electrons. The average molecular weight is 274 g/mol. The fraction of sp³-hybridized carbons (Fsp3) is 0.455. The molecule has 1 aromatic carbocycles. The lowest BCUT2D eigenvalue weighted by atomic mass is 10.0. The molecule has 0 spiro atoms. The zero-order valence-electron chi connectivity index (χ0n) is 9.17. The van der Waals surface area contributed by atoms with Crippen molar-refractivity contribution in [3.63, 3.8) is 0 Å². The van der Waals surface area contributed by atoms with Crippen molar-refractivity contribution < 1.29 is 9.84 Å². The number of phenols is 1. The van der Waals surface area contributed by atoms with Crippen molar-refractivity contribution in [2.24, 2.45) is 5.73 Å². The summed E-state index contributed by atoms with van der Waals surface area (Å²) >= 11 is 3.34. The quantitative estimate of drug-likeness (QED) is 0.889. The lowest BCUT2D eigenvalue weighted by Crippen LogP contribution is -2.18. The Bertz CT molecular complexity index is 364. The molecule has 0 bridgehead atoms. The van der Waals surface area contributed by atoms with Crippen molar-refractivity contribution in [3.05, 3.63) is 21.7 Å². The number of halogens is 1. The van der Waals surface area contributed by atoms with Crippen LogP contribution in [0.2, 0.25) is 0 Å². The van der Waals surface area contributed by atoms with Crippen molar-refractivity contribution in [2.75, 3.05) is 7.11 Å². The monoisotopic (exact) mass is 273 g/mol. The van der Waals surface area contributed by atoms with Crippen LogP contribution in [-0.4, -0.2) is 18.3 Å². The first-order valence-corrected chi connectivity index (χ1v) is 5.57. The van der Waals surface area contributed by atoms with Crippen LogP contribution < -0.4 is 10.5 Å². The lowest BCUT2D eigenvalue weighted by Gasteiger charge is -2.15. The van der Waals surface area contributed by atoms with E-state index in [1.807, 2.05) is 19.9 Å². The summed E-state index contributed by atoms with van der Waals surface area (Å²) in [6.07, 6.45) is 0.640. The number of phenolic OH excluding ortho intramolecular Hbond substituents is 1. The number of methoxy groups -OCH3 is 1. The van der Waals surface area contributed by atoms with E-state index in [2.05, 4.69) is 15.9 Å². The van der Waals surface area contributed by atoms with E-state index in [0.717, 1.165) is 15.6 Å². The van der Waals surface area contributed by atoms with Crippen molar-refractivity contribution in [1.82, 2.24) is 0 Å². The second-order valence-corrected chi connectivity index (χ2v) is 4.57. The first-order chi connectivity index (χ1) is 6.97. The lowest BCUT2D eigenvalue weighted by molar-refractivity contribution is 0.367. The normalized spacial score (nSPS) is 12.6. The molecule has 1 unspecified atom stereocenters. The summed E-state index contributed by atoms with van der Waals surface area (Å²) in [6, 6.07) is 1.94. The van der Waals surface area contributed by atoms with E-state index in [0.29, 0.717) is 12.2 Å². The minimum absolute atomic E-state index is 0.0143. The molecule has 0 aromatic heterocycles. The van der Waals surface area contributed by atoms with Gasteiger partial charge in [-0.05, 0) is 47.8 Å². The Morgan fingerprint density at radius 1 is 1.60 bits per heavy atom. The highest BCUT2D eigenvalue weighted by atomic mass is 79.9. The molecule has 0 aliphatic rings. The van der Waals surface area contributed by atoms with E-state index in [1.54, 1.807) is 0 Å². The smallest absolute Gasteiger partial charge is 0.174 e. The molecule has 1 aromatic rings. The average Bonchev–Trinajstić information content (AvgIpc) is 2.12. The molecule has 3 nitrogen and oxygen atoms in total. The van der Waals surface area contributed by atoms with Crippen molar-refractivity contribution in [3.8, 4) is 11.5 Å². The van der Waals surface area contributed by atoms with Crippen LogP contribution >= 0.6 is 15.9 Å². The highest BCUT2D eigenvalue weighted by Crippen LogP contribution is 2.39. The van der Waals surface area contributed by atoms with Crippen molar-refractivity contribution in [1.29, 1.82) is 0 Å². The third-order valence-corrected chi connectivity index (χ3v) is 2.86. The molecule has 0 amide bonds. The highest BCUT2D eigenvalue weighted by molar-refractivity contribution is 9.10. The third-order valence-electron chi connectivity index (χ3n) is 2.27. The molecule has 0 fully saturated rings. The van der Waals surface area contributed by atoms with Crippen LogP contribution in [0.15, 0.2) is 10.5 Å². The van der Waals surface area contributed by atoms with Crippen LogP contribution in [0.5, 0.6) is 11.5 Å². The van der Waals surface area contributed by atoms with Gasteiger partial charge in [0.15, 0.2) is 11.5 Å². The summed E-state index contributed by atoms with van der Waals surface area (Å²) in [6.45, 7) is 3.86. The maximum atomic E-state index is 9.99. The minimum Gasteiger partial charge on any atom is -0.504 e. The number of aromatic hydroxyl groups is 1. The zero-order valence-corrected chi connectivity index (χ0v) is 10.8. The second kappa shape index (κ2) is 4.86. The molecule has 15 heavy (non-hydrogen) atoms. The van der Waals surface area contributed by atoms with Gasteiger partial charge in [-0.25, -0.2) is 0 Å². The number of aryl methyl sites for hydroxylation is 1. The van der Waals surface area contributed by atoms with E-state index >= 15 is 0 Å². The van der Waals surface area contributed by atoms with Gasteiger partial charge >= 0.3 is 0 Å². The zero-order chi connectivity index (χ0) is 11.6. The fourth-order valence-corrected chi connectivity index (χ4v) is 2.25. The molecule has 3 N–H and O–H groups in total. The molecule has 1 rings (SSSR count). The Labute approximate surface area is 98.4 Å². The molecule has 4 heteroatoms. The number of hydrogen-bond acceptors (Lipinski definition) is 3. The number of hydrogen-bond donors (Lipinski definition) is 2. The molecular formula is C11H16BrNO2. The maximum Gasteiger partial charge on any atom is 0.174 e. The fourth-order valence-electron chi connectivity index (χ4n) is 1.55. The largest absolute Gasteiger partial charge is 0.504 e. The Morgan fingerprint density at radius 2 is 2.20 bits per heavy atom.